The van der Waals surface area contributed by atoms with Gasteiger partial charge >= 0.3 is 0 Å². The van der Waals surface area contributed by atoms with E-state index in [1.807, 2.05) is 30.8 Å². The van der Waals surface area contributed by atoms with Crippen molar-refractivity contribution < 1.29 is 0 Å². The molecule has 4 nitrogen and oxygen atoms in total. The van der Waals surface area contributed by atoms with Gasteiger partial charge in [0.2, 0.25) is 0 Å². The zero-order valence-electron chi connectivity index (χ0n) is 10.1. The first kappa shape index (κ1) is 12.7. The summed E-state index contributed by atoms with van der Waals surface area (Å²) in [5, 5.41) is 16.3. The molecule has 1 N–H and O–H groups in total. The third-order valence-electron chi connectivity index (χ3n) is 2.53. The Morgan fingerprint density at radius 3 is 2.88 bits per heavy atom. The quantitative estimate of drug-likeness (QED) is 0.713. The highest BCUT2D eigenvalue weighted by Crippen LogP contribution is 2.19. The molecule has 0 aliphatic heterocycles. The van der Waals surface area contributed by atoms with Crippen molar-refractivity contribution in [3.05, 3.63) is 18.5 Å². The molecule has 88 valence electrons. The van der Waals surface area contributed by atoms with E-state index in [-0.39, 0.29) is 5.41 Å². The Morgan fingerprint density at radius 2 is 2.25 bits per heavy atom. The highest BCUT2D eigenvalue weighted by Gasteiger charge is 2.14. The predicted molar refractivity (Wildman–Crippen MR) is 63.7 cm³/mol. The van der Waals surface area contributed by atoms with Crippen molar-refractivity contribution >= 4 is 0 Å². The van der Waals surface area contributed by atoms with Crippen LogP contribution in [0.3, 0.4) is 0 Å². The number of nitrogens with zero attached hydrogens (tertiary/aromatic N) is 3. The molecular formula is C12H20N4. The Labute approximate surface area is 97.3 Å². The molecule has 1 heterocycles. The van der Waals surface area contributed by atoms with Crippen LogP contribution < -0.4 is 5.32 Å². The number of rotatable bonds is 7. The van der Waals surface area contributed by atoms with Crippen molar-refractivity contribution in [1.29, 1.82) is 5.26 Å². The lowest BCUT2D eigenvalue weighted by Gasteiger charge is -2.14. The second-order valence-electron chi connectivity index (χ2n) is 4.62. The number of hydrogen-bond acceptors (Lipinski definition) is 3. The summed E-state index contributed by atoms with van der Waals surface area (Å²) in [6.45, 7) is 6.75. The van der Waals surface area contributed by atoms with Crippen LogP contribution in [-0.4, -0.2) is 22.9 Å². The van der Waals surface area contributed by atoms with Gasteiger partial charge in [-0.15, -0.1) is 0 Å². The third kappa shape index (κ3) is 4.94. The first-order chi connectivity index (χ1) is 7.64. The smallest absolute Gasteiger partial charge is 0.0683 e. The largest absolute Gasteiger partial charge is 0.315 e. The lowest BCUT2D eigenvalue weighted by molar-refractivity contribution is 0.422. The summed E-state index contributed by atoms with van der Waals surface area (Å²) >= 11 is 0. The van der Waals surface area contributed by atoms with Crippen LogP contribution in [-0.2, 0) is 6.54 Å². The minimum atomic E-state index is -0.191. The monoisotopic (exact) mass is 220 g/mol. The van der Waals surface area contributed by atoms with E-state index in [2.05, 4.69) is 16.5 Å². The van der Waals surface area contributed by atoms with Gasteiger partial charge in [-0.2, -0.15) is 10.4 Å². The van der Waals surface area contributed by atoms with E-state index in [1.54, 1.807) is 6.20 Å². The molecule has 0 unspecified atom stereocenters. The molecular weight excluding hydrogens is 200 g/mol. The first-order valence-corrected chi connectivity index (χ1v) is 5.73. The predicted octanol–water partition coefficient (Wildman–Crippen LogP) is 1.80. The molecule has 1 aromatic heterocycles. The third-order valence-corrected chi connectivity index (χ3v) is 2.53. The Balaban J connectivity index is 1.99. The van der Waals surface area contributed by atoms with E-state index in [0.717, 1.165) is 32.5 Å². The van der Waals surface area contributed by atoms with E-state index in [9.17, 15) is 0 Å². The van der Waals surface area contributed by atoms with Crippen molar-refractivity contribution in [2.75, 3.05) is 13.1 Å². The molecule has 0 spiro atoms. The number of aromatic nitrogens is 2. The van der Waals surface area contributed by atoms with Gasteiger partial charge in [0.1, 0.15) is 0 Å². The van der Waals surface area contributed by atoms with Crippen LogP contribution in [0.4, 0.5) is 0 Å². The van der Waals surface area contributed by atoms with Gasteiger partial charge in [-0.3, -0.25) is 4.68 Å². The van der Waals surface area contributed by atoms with Gasteiger partial charge in [0, 0.05) is 18.9 Å². The molecule has 0 aliphatic rings. The fraction of sp³-hybridized carbons (Fsp3) is 0.667. The molecule has 0 aliphatic carbocycles. The lowest BCUT2D eigenvalue weighted by Crippen LogP contribution is -2.22. The minimum Gasteiger partial charge on any atom is -0.315 e. The van der Waals surface area contributed by atoms with Crippen molar-refractivity contribution in [3.63, 3.8) is 0 Å². The summed E-state index contributed by atoms with van der Waals surface area (Å²) in [6.07, 6.45) is 5.73. The molecule has 0 aromatic carbocycles. The second-order valence-corrected chi connectivity index (χ2v) is 4.62. The average Bonchev–Trinajstić information content (AvgIpc) is 2.76. The number of nitrogens with one attached hydrogen (secondary N) is 1. The molecule has 0 amide bonds. The highest BCUT2D eigenvalue weighted by atomic mass is 15.3. The normalized spacial score (nSPS) is 11.3. The van der Waals surface area contributed by atoms with E-state index in [4.69, 9.17) is 5.26 Å². The van der Waals surface area contributed by atoms with Gasteiger partial charge in [-0.1, -0.05) is 0 Å². The topological polar surface area (TPSA) is 53.6 Å². The molecule has 4 heteroatoms. The van der Waals surface area contributed by atoms with Crippen LogP contribution in [0.15, 0.2) is 18.5 Å². The minimum absolute atomic E-state index is 0.191. The summed E-state index contributed by atoms with van der Waals surface area (Å²) in [5.41, 5.74) is -0.191. The van der Waals surface area contributed by atoms with E-state index in [0.29, 0.717) is 0 Å². The summed E-state index contributed by atoms with van der Waals surface area (Å²) in [4.78, 5) is 0. The highest BCUT2D eigenvalue weighted by molar-refractivity contribution is 4.91. The molecule has 16 heavy (non-hydrogen) atoms. The van der Waals surface area contributed by atoms with Gasteiger partial charge in [-0.25, -0.2) is 0 Å². The molecule has 0 saturated carbocycles. The molecule has 0 radical (unpaired) electrons. The summed E-state index contributed by atoms with van der Waals surface area (Å²) in [6, 6.07) is 4.24. The standard InChI is InChI=1S/C12H20N4/c1-12(2,11-13)5-3-6-14-8-10-16-9-4-7-15-16/h4,7,9,14H,3,5-6,8,10H2,1-2H3. The van der Waals surface area contributed by atoms with Crippen molar-refractivity contribution in [2.45, 2.75) is 33.2 Å². The van der Waals surface area contributed by atoms with Crippen LogP contribution in [0.2, 0.25) is 0 Å². The number of nitriles is 1. The van der Waals surface area contributed by atoms with E-state index in [1.165, 1.54) is 0 Å². The maximum atomic E-state index is 8.84. The van der Waals surface area contributed by atoms with Crippen LogP contribution in [0, 0.1) is 16.7 Å². The van der Waals surface area contributed by atoms with Gasteiger partial charge in [0.15, 0.2) is 0 Å². The second kappa shape index (κ2) is 6.29. The fourth-order valence-electron chi connectivity index (χ4n) is 1.46. The Kier molecular flexibility index (Phi) is 5.00. The lowest BCUT2D eigenvalue weighted by atomic mass is 9.90. The maximum absolute atomic E-state index is 8.84. The zero-order chi connectivity index (χ0) is 11.9. The molecule has 1 aromatic rings. The first-order valence-electron chi connectivity index (χ1n) is 5.73. The maximum Gasteiger partial charge on any atom is 0.0683 e. The van der Waals surface area contributed by atoms with Crippen molar-refractivity contribution in [1.82, 2.24) is 15.1 Å². The summed E-state index contributed by atoms with van der Waals surface area (Å²) in [5.74, 6) is 0. The van der Waals surface area contributed by atoms with Crippen molar-refractivity contribution in [2.24, 2.45) is 5.41 Å². The SMILES string of the molecule is CC(C)(C#N)CCCNCCn1cccn1. The average molecular weight is 220 g/mol. The van der Waals surface area contributed by atoms with Crippen LogP contribution in [0.25, 0.3) is 0 Å². The Morgan fingerprint density at radius 1 is 1.44 bits per heavy atom. The van der Waals surface area contributed by atoms with E-state index >= 15 is 0 Å². The molecule has 1 rings (SSSR count). The van der Waals surface area contributed by atoms with Crippen molar-refractivity contribution in [3.8, 4) is 6.07 Å². The van der Waals surface area contributed by atoms with Gasteiger partial charge in [0.25, 0.3) is 0 Å². The van der Waals surface area contributed by atoms with Gasteiger partial charge in [-0.05, 0) is 39.3 Å². The fourth-order valence-corrected chi connectivity index (χ4v) is 1.46. The van der Waals surface area contributed by atoms with Crippen LogP contribution in [0.5, 0.6) is 0 Å². The zero-order valence-corrected chi connectivity index (χ0v) is 10.1. The van der Waals surface area contributed by atoms with Crippen LogP contribution in [0.1, 0.15) is 26.7 Å². The Hall–Kier alpha value is -1.34. The van der Waals surface area contributed by atoms with Gasteiger partial charge in [0.05, 0.1) is 18.0 Å². The molecule has 0 fully saturated rings. The molecule has 0 bridgehead atoms. The molecule has 0 atom stereocenters. The summed E-state index contributed by atoms with van der Waals surface area (Å²) in [7, 11) is 0. The van der Waals surface area contributed by atoms with E-state index < -0.39 is 0 Å². The van der Waals surface area contributed by atoms with Crippen LogP contribution >= 0.6 is 0 Å². The van der Waals surface area contributed by atoms with Gasteiger partial charge < -0.3 is 5.32 Å². The molecule has 0 saturated heterocycles. The Bertz CT molecular complexity index is 321. The summed E-state index contributed by atoms with van der Waals surface area (Å²) < 4.78 is 1.91. The number of hydrogen-bond donors (Lipinski definition) is 1.